The molecule has 3 nitrogen and oxygen atoms in total. The van der Waals surface area contributed by atoms with Crippen molar-refractivity contribution in [2.45, 2.75) is 19.8 Å². The minimum Gasteiger partial charge on any atom is -0.274 e. The first-order valence-corrected chi connectivity index (χ1v) is 5.87. The Bertz CT molecular complexity index is 391. The van der Waals surface area contributed by atoms with Crippen LogP contribution in [0, 0.1) is 0 Å². The zero-order valence-electron chi connectivity index (χ0n) is 9.95. The molecule has 1 amide bonds. The molecule has 0 N–H and O–H groups in total. The molecule has 1 rings (SSSR count). The van der Waals surface area contributed by atoms with Crippen molar-refractivity contribution in [2.75, 3.05) is 14.2 Å². The third kappa shape index (κ3) is 3.06. The number of benzene rings is 1. The first kappa shape index (κ1) is 13.2. The van der Waals surface area contributed by atoms with Gasteiger partial charge in [-0.25, -0.2) is 5.06 Å². The van der Waals surface area contributed by atoms with Gasteiger partial charge in [0.2, 0.25) is 0 Å². The van der Waals surface area contributed by atoms with Gasteiger partial charge in [-0.1, -0.05) is 29.8 Å². The average Bonchev–Trinajstić information content (AvgIpc) is 2.26. The molecule has 0 fully saturated rings. The largest absolute Gasteiger partial charge is 0.277 e. The van der Waals surface area contributed by atoms with Crippen LogP contribution in [-0.2, 0) is 4.84 Å². The van der Waals surface area contributed by atoms with Gasteiger partial charge in [0.05, 0.1) is 7.11 Å². The van der Waals surface area contributed by atoms with Gasteiger partial charge in [0.15, 0.2) is 0 Å². The van der Waals surface area contributed by atoms with Gasteiger partial charge < -0.3 is 0 Å². The van der Waals surface area contributed by atoms with Crippen LogP contribution in [0.3, 0.4) is 0 Å². The lowest BCUT2D eigenvalue weighted by Gasteiger charge is -2.15. The fourth-order valence-electron chi connectivity index (χ4n) is 1.33. The summed E-state index contributed by atoms with van der Waals surface area (Å²) in [7, 11) is 3.07. The molecular weight excluding hydrogens is 270 g/mol. The third-order valence-corrected chi connectivity index (χ3v) is 2.85. The Balaban J connectivity index is 3.09. The average molecular weight is 286 g/mol. The molecule has 4 heteroatoms. The van der Waals surface area contributed by atoms with E-state index in [1.54, 1.807) is 13.1 Å². The van der Waals surface area contributed by atoms with Crippen LogP contribution in [0.2, 0.25) is 0 Å². The van der Waals surface area contributed by atoms with Crippen LogP contribution >= 0.6 is 15.9 Å². The number of halogens is 1. The van der Waals surface area contributed by atoms with Gasteiger partial charge in [-0.15, -0.1) is 0 Å². The van der Waals surface area contributed by atoms with Gasteiger partial charge in [-0.05, 0) is 29.7 Å². The predicted molar refractivity (Wildman–Crippen MR) is 67.3 cm³/mol. The fourth-order valence-corrected chi connectivity index (χ4v) is 1.84. The Kier molecular flexibility index (Phi) is 4.50. The Hall–Kier alpha value is -0.870. The van der Waals surface area contributed by atoms with Crippen LogP contribution in [0.1, 0.15) is 35.7 Å². The fraction of sp³-hybridized carbons (Fsp3) is 0.417. The molecule has 0 aliphatic heterocycles. The highest BCUT2D eigenvalue weighted by Gasteiger charge is 2.13. The topological polar surface area (TPSA) is 29.5 Å². The molecule has 88 valence electrons. The van der Waals surface area contributed by atoms with Crippen molar-refractivity contribution in [1.82, 2.24) is 5.06 Å². The number of carbonyl (C=O) groups is 1. The van der Waals surface area contributed by atoms with Gasteiger partial charge in [-0.2, -0.15) is 0 Å². The third-order valence-electron chi connectivity index (χ3n) is 2.39. The van der Waals surface area contributed by atoms with Crippen LogP contribution in [0.5, 0.6) is 0 Å². The van der Waals surface area contributed by atoms with Crippen LogP contribution in [0.25, 0.3) is 0 Å². The molecule has 1 aromatic carbocycles. The van der Waals surface area contributed by atoms with Crippen LogP contribution < -0.4 is 0 Å². The van der Waals surface area contributed by atoms with Crippen molar-refractivity contribution in [2.24, 2.45) is 0 Å². The highest BCUT2D eigenvalue weighted by molar-refractivity contribution is 9.10. The van der Waals surface area contributed by atoms with Crippen molar-refractivity contribution in [1.29, 1.82) is 0 Å². The molecule has 0 radical (unpaired) electrons. The molecular formula is C12H16BrNO2. The minimum absolute atomic E-state index is 0.147. The van der Waals surface area contributed by atoms with E-state index in [0.29, 0.717) is 11.5 Å². The number of hydroxylamine groups is 2. The lowest BCUT2D eigenvalue weighted by Crippen LogP contribution is -2.25. The molecule has 0 unspecified atom stereocenters. The summed E-state index contributed by atoms with van der Waals surface area (Å²) in [6.07, 6.45) is 0. The van der Waals surface area contributed by atoms with Gasteiger partial charge in [0.1, 0.15) is 0 Å². The smallest absolute Gasteiger partial charge is 0.274 e. The van der Waals surface area contributed by atoms with Gasteiger partial charge in [0, 0.05) is 17.1 Å². The molecule has 0 heterocycles. The van der Waals surface area contributed by atoms with E-state index >= 15 is 0 Å². The highest BCUT2D eigenvalue weighted by atomic mass is 79.9. The van der Waals surface area contributed by atoms with Crippen molar-refractivity contribution >= 4 is 21.8 Å². The minimum atomic E-state index is -0.147. The molecule has 1 aromatic rings. The maximum atomic E-state index is 11.9. The standard InChI is InChI=1S/C12H16BrNO2/c1-8(2)9-5-10(7-11(13)6-9)12(15)14(3)16-4/h5-8H,1-4H3. The van der Waals surface area contributed by atoms with Crippen LogP contribution in [-0.4, -0.2) is 25.1 Å². The molecule has 0 spiro atoms. The summed E-state index contributed by atoms with van der Waals surface area (Å²) in [5.41, 5.74) is 1.75. The number of hydrogen-bond acceptors (Lipinski definition) is 2. The normalized spacial score (nSPS) is 10.6. The molecule has 0 aliphatic rings. The van der Waals surface area contributed by atoms with Crippen LogP contribution in [0.4, 0.5) is 0 Å². The second-order valence-electron chi connectivity index (χ2n) is 3.91. The number of rotatable bonds is 3. The van der Waals surface area contributed by atoms with E-state index in [0.717, 1.165) is 10.0 Å². The number of hydrogen-bond donors (Lipinski definition) is 0. The maximum absolute atomic E-state index is 11.9. The number of nitrogens with zero attached hydrogens (tertiary/aromatic N) is 1. The Labute approximate surface area is 104 Å². The van der Waals surface area contributed by atoms with Gasteiger partial charge in [0.25, 0.3) is 5.91 Å². The van der Waals surface area contributed by atoms with E-state index in [4.69, 9.17) is 4.84 Å². The lowest BCUT2D eigenvalue weighted by molar-refractivity contribution is -0.0757. The molecule has 0 aliphatic carbocycles. The predicted octanol–water partition coefficient (Wildman–Crippen LogP) is 3.21. The van der Waals surface area contributed by atoms with E-state index in [-0.39, 0.29) is 5.91 Å². The van der Waals surface area contributed by atoms with Crippen molar-refractivity contribution in [3.63, 3.8) is 0 Å². The van der Waals surface area contributed by atoms with Crippen molar-refractivity contribution in [3.8, 4) is 0 Å². The second kappa shape index (κ2) is 5.46. The quantitative estimate of drug-likeness (QED) is 0.798. The van der Waals surface area contributed by atoms with E-state index in [1.807, 2.05) is 12.1 Å². The Morgan fingerprint density at radius 1 is 1.38 bits per heavy atom. The first-order valence-electron chi connectivity index (χ1n) is 5.08. The van der Waals surface area contributed by atoms with Crippen LogP contribution in [0.15, 0.2) is 22.7 Å². The zero-order chi connectivity index (χ0) is 12.3. The summed E-state index contributed by atoms with van der Waals surface area (Å²) < 4.78 is 0.909. The summed E-state index contributed by atoms with van der Waals surface area (Å²) in [5, 5.41) is 1.21. The summed E-state index contributed by atoms with van der Waals surface area (Å²) in [6.45, 7) is 4.19. The van der Waals surface area contributed by atoms with Crippen molar-refractivity contribution in [3.05, 3.63) is 33.8 Å². The second-order valence-corrected chi connectivity index (χ2v) is 4.83. The van der Waals surface area contributed by atoms with Crippen molar-refractivity contribution < 1.29 is 9.63 Å². The molecule has 0 saturated carbocycles. The zero-order valence-corrected chi connectivity index (χ0v) is 11.5. The first-order chi connectivity index (χ1) is 7.45. The lowest BCUT2D eigenvalue weighted by atomic mass is 10.0. The van der Waals surface area contributed by atoms with E-state index in [9.17, 15) is 4.79 Å². The molecule has 0 atom stereocenters. The monoisotopic (exact) mass is 285 g/mol. The number of carbonyl (C=O) groups excluding carboxylic acids is 1. The summed E-state index contributed by atoms with van der Waals surface area (Å²) >= 11 is 3.41. The van der Waals surface area contributed by atoms with Gasteiger partial charge >= 0.3 is 0 Å². The van der Waals surface area contributed by atoms with E-state index in [1.165, 1.54) is 12.2 Å². The molecule has 16 heavy (non-hydrogen) atoms. The Morgan fingerprint density at radius 3 is 2.50 bits per heavy atom. The molecule has 0 aromatic heterocycles. The molecule has 0 bridgehead atoms. The Morgan fingerprint density at radius 2 is 2.00 bits per heavy atom. The summed E-state index contributed by atoms with van der Waals surface area (Å²) in [4.78, 5) is 16.8. The van der Waals surface area contributed by atoms with E-state index < -0.39 is 0 Å². The highest BCUT2D eigenvalue weighted by Crippen LogP contribution is 2.22. The van der Waals surface area contributed by atoms with Gasteiger partial charge in [-0.3, -0.25) is 9.63 Å². The molecule has 0 saturated heterocycles. The SMILES string of the molecule is CON(C)C(=O)c1cc(Br)cc(C(C)C)c1. The maximum Gasteiger partial charge on any atom is 0.277 e. The number of amides is 1. The van der Waals surface area contributed by atoms with E-state index in [2.05, 4.69) is 29.8 Å². The summed E-state index contributed by atoms with van der Waals surface area (Å²) in [6, 6.07) is 5.71. The summed E-state index contributed by atoms with van der Waals surface area (Å²) in [5.74, 6) is 0.239.